The van der Waals surface area contributed by atoms with Crippen LogP contribution in [0.2, 0.25) is 0 Å². The molecule has 0 saturated heterocycles. The molecule has 14 heavy (non-hydrogen) atoms. The highest BCUT2D eigenvalue weighted by atomic mass is 32.2. The highest BCUT2D eigenvalue weighted by molar-refractivity contribution is 7.85. The maximum Gasteiger partial charge on any atom is 0.294 e. The lowest BCUT2D eigenvalue weighted by molar-refractivity contribution is 0.414. The molecule has 78 valence electrons. The third-order valence-corrected chi connectivity index (χ3v) is 2.67. The van der Waals surface area contributed by atoms with E-state index in [0.717, 1.165) is 0 Å². The van der Waals surface area contributed by atoms with E-state index in [1.54, 1.807) is 6.92 Å². The van der Waals surface area contributed by atoms with E-state index in [9.17, 15) is 8.42 Å². The molecule has 0 atom stereocenters. The predicted octanol–water partition coefficient (Wildman–Crippen LogP) is 0.833. The highest BCUT2D eigenvalue weighted by Crippen LogP contribution is 2.28. The van der Waals surface area contributed by atoms with E-state index in [1.165, 1.54) is 19.2 Å². The Bertz CT molecular complexity index is 453. The maximum absolute atomic E-state index is 10.8. The van der Waals surface area contributed by atoms with Crippen molar-refractivity contribution in [1.82, 2.24) is 0 Å². The first kappa shape index (κ1) is 10.8. The zero-order chi connectivity index (χ0) is 10.9. The Kier molecular flexibility index (Phi) is 2.68. The summed E-state index contributed by atoms with van der Waals surface area (Å²) in [5.74, 6) is 0.234. The van der Waals surface area contributed by atoms with Crippen LogP contribution in [0.5, 0.6) is 5.75 Å². The molecule has 1 rings (SSSR count). The van der Waals surface area contributed by atoms with E-state index < -0.39 is 10.1 Å². The lowest BCUT2D eigenvalue weighted by atomic mass is 10.2. The van der Waals surface area contributed by atoms with Gasteiger partial charge >= 0.3 is 0 Å². The monoisotopic (exact) mass is 217 g/mol. The van der Waals surface area contributed by atoms with Crippen LogP contribution in [0.3, 0.4) is 0 Å². The molecule has 1 aromatic rings. The number of anilines is 1. The number of ether oxygens (including phenoxy) is 1. The minimum absolute atomic E-state index is 0.221. The third-order valence-electron chi connectivity index (χ3n) is 1.84. The summed E-state index contributed by atoms with van der Waals surface area (Å²) in [4.78, 5) is -0.221. The van der Waals surface area contributed by atoms with Crippen LogP contribution in [0.1, 0.15) is 5.56 Å². The molecule has 5 nitrogen and oxygen atoms in total. The molecule has 0 radical (unpaired) electrons. The van der Waals surface area contributed by atoms with Crippen LogP contribution in [0.15, 0.2) is 17.0 Å². The van der Waals surface area contributed by atoms with Crippen molar-refractivity contribution >= 4 is 15.8 Å². The quantitative estimate of drug-likeness (QED) is 0.565. The fraction of sp³-hybridized carbons (Fsp3) is 0.250. The third kappa shape index (κ3) is 1.97. The second-order valence-electron chi connectivity index (χ2n) is 2.83. The number of nitrogens with two attached hydrogens (primary N) is 1. The summed E-state index contributed by atoms with van der Waals surface area (Å²) in [5.41, 5.74) is 6.50. The van der Waals surface area contributed by atoms with Crippen molar-refractivity contribution < 1.29 is 17.7 Å². The van der Waals surface area contributed by atoms with Gasteiger partial charge in [0.1, 0.15) is 5.75 Å². The topological polar surface area (TPSA) is 89.6 Å². The molecule has 0 amide bonds. The smallest absolute Gasteiger partial charge is 0.294 e. The molecule has 0 aliphatic heterocycles. The van der Waals surface area contributed by atoms with Gasteiger partial charge in [-0.2, -0.15) is 8.42 Å². The van der Waals surface area contributed by atoms with E-state index in [1.807, 2.05) is 0 Å². The number of methoxy groups -OCH3 is 1. The van der Waals surface area contributed by atoms with E-state index >= 15 is 0 Å². The van der Waals surface area contributed by atoms with E-state index in [-0.39, 0.29) is 10.6 Å². The second kappa shape index (κ2) is 3.47. The molecule has 0 saturated carbocycles. The number of hydrogen-bond donors (Lipinski definition) is 2. The Morgan fingerprint density at radius 3 is 2.43 bits per heavy atom. The predicted molar refractivity (Wildman–Crippen MR) is 52.0 cm³/mol. The van der Waals surface area contributed by atoms with Crippen molar-refractivity contribution in [1.29, 1.82) is 0 Å². The number of aryl methyl sites for hydroxylation is 1. The Hall–Kier alpha value is -1.27. The summed E-state index contributed by atoms with van der Waals surface area (Å²) in [6, 6.07) is 2.46. The van der Waals surface area contributed by atoms with Crippen molar-refractivity contribution in [3.05, 3.63) is 17.7 Å². The van der Waals surface area contributed by atoms with Crippen LogP contribution >= 0.6 is 0 Å². The first-order valence-corrected chi connectivity index (χ1v) is 5.22. The van der Waals surface area contributed by atoms with Gasteiger partial charge in [-0.05, 0) is 18.6 Å². The minimum atomic E-state index is -4.21. The SMILES string of the molecule is COc1cc(S(=O)(=O)O)cc(C)c1N. The second-order valence-corrected chi connectivity index (χ2v) is 4.25. The molecule has 0 heterocycles. The Morgan fingerprint density at radius 1 is 1.43 bits per heavy atom. The molecule has 3 N–H and O–H groups in total. The van der Waals surface area contributed by atoms with Crippen LogP contribution < -0.4 is 10.5 Å². The summed E-state index contributed by atoms with van der Waals surface area (Å²) in [7, 11) is -2.84. The van der Waals surface area contributed by atoms with Crippen molar-refractivity contribution in [2.75, 3.05) is 12.8 Å². The molecule has 0 aliphatic carbocycles. The van der Waals surface area contributed by atoms with Crippen LogP contribution in [0, 0.1) is 6.92 Å². The first-order chi connectivity index (χ1) is 6.36. The Labute approximate surface area is 82.2 Å². The number of hydrogen-bond acceptors (Lipinski definition) is 4. The maximum atomic E-state index is 10.8. The van der Waals surface area contributed by atoms with Crippen molar-refractivity contribution in [2.24, 2.45) is 0 Å². The van der Waals surface area contributed by atoms with Gasteiger partial charge in [-0.25, -0.2) is 0 Å². The summed E-state index contributed by atoms with van der Waals surface area (Å²) in [6.07, 6.45) is 0. The van der Waals surface area contributed by atoms with Crippen LogP contribution in [-0.2, 0) is 10.1 Å². The Morgan fingerprint density at radius 2 is 2.00 bits per heavy atom. The number of benzene rings is 1. The summed E-state index contributed by atoms with van der Waals surface area (Å²) < 4.78 is 35.3. The van der Waals surface area contributed by atoms with Crippen molar-refractivity contribution in [3.63, 3.8) is 0 Å². The van der Waals surface area contributed by atoms with E-state index in [2.05, 4.69) is 0 Å². The van der Waals surface area contributed by atoms with Crippen LogP contribution in [0.4, 0.5) is 5.69 Å². The molecule has 0 spiro atoms. The molecule has 0 aliphatic rings. The largest absolute Gasteiger partial charge is 0.495 e. The lowest BCUT2D eigenvalue weighted by Gasteiger charge is -2.08. The molecule has 1 aromatic carbocycles. The van der Waals surface area contributed by atoms with Gasteiger partial charge in [0.05, 0.1) is 17.7 Å². The fourth-order valence-corrected chi connectivity index (χ4v) is 1.63. The molecular weight excluding hydrogens is 206 g/mol. The van der Waals surface area contributed by atoms with Crippen molar-refractivity contribution in [2.45, 2.75) is 11.8 Å². The average molecular weight is 217 g/mol. The minimum Gasteiger partial charge on any atom is -0.495 e. The van der Waals surface area contributed by atoms with Gasteiger partial charge in [0.2, 0.25) is 0 Å². The highest BCUT2D eigenvalue weighted by Gasteiger charge is 2.14. The fourth-order valence-electron chi connectivity index (χ4n) is 1.05. The number of rotatable bonds is 2. The van der Waals surface area contributed by atoms with Crippen LogP contribution in [0.25, 0.3) is 0 Å². The van der Waals surface area contributed by atoms with E-state index in [0.29, 0.717) is 11.3 Å². The molecule has 0 fully saturated rings. The average Bonchev–Trinajstić information content (AvgIpc) is 2.07. The Balaban J connectivity index is 3.46. The zero-order valence-corrected chi connectivity index (χ0v) is 8.63. The van der Waals surface area contributed by atoms with Gasteiger partial charge in [0.25, 0.3) is 10.1 Å². The molecular formula is C8H11NO4S. The van der Waals surface area contributed by atoms with E-state index in [4.69, 9.17) is 15.0 Å². The van der Waals surface area contributed by atoms with Gasteiger partial charge < -0.3 is 10.5 Å². The van der Waals surface area contributed by atoms with Crippen molar-refractivity contribution in [3.8, 4) is 5.75 Å². The normalized spacial score (nSPS) is 11.4. The van der Waals surface area contributed by atoms with Gasteiger partial charge in [0.15, 0.2) is 0 Å². The lowest BCUT2D eigenvalue weighted by Crippen LogP contribution is -2.02. The summed E-state index contributed by atoms with van der Waals surface area (Å²) in [5, 5.41) is 0. The summed E-state index contributed by atoms with van der Waals surface area (Å²) >= 11 is 0. The molecule has 0 bridgehead atoms. The molecule has 6 heteroatoms. The van der Waals surface area contributed by atoms with Gasteiger partial charge in [-0.1, -0.05) is 0 Å². The molecule has 0 unspecified atom stereocenters. The van der Waals surface area contributed by atoms with Gasteiger partial charge in [-0.3, -0.25) is 4.55 Å². The van der Waals surface area contributed by atoms with Crippen LogP contribution in [-0.4, -0.2) is 20.1 Å². The standard InChI is InChI=1S/C8H11NO4S/c1-5-3-6(14(10,11)12)4-7(13-2)8(5)9/h3-4H,9H2,1-2H3,(H,10,11,12). The molecule has 0 aromatic heterocycles. The van der Waals surface area contributed by atoms with Gasteiger partial charge in [0, 0.05) is 6.07 Å². The number of nitrogen functional groups attached to an aromatic ring is 1. The summed E-state index contributed by atoms with van der Waals surface area (Å²) in [6.45, 7) is 1.63. The zero-order valence-electron chi connectivity index (χ0n) is 7.81. The van der Waals surface area contributed by atoms with Gasteiger partial charge in [-0.15, -0.1) is 0 Å². The first-order valence-electron chi connectivity index (χ1n) is 3.78.